The number of nitrogens with zero attached hydrogens (tertiary/aromatic N) is 3. The summed E-state index contributed by atoms with van der Waals surface area (Å²) in [7, 11) is 0. The van der Waals surface area contributed by atoms with Crippen molar-refractivity contribution in [3.63, 3.8) is 0 Å². The van der Waals surface area contributed by atoms with Gasteiger partial charge in [0.05, 0.1) is 0 Å². The van der Waals surface area contributed by atoms with E-state index in [-0.39, 0.29) is 18.2 Å². The van der Waals surface area contributed by atoms with Crippen molar-refractivity contribution in [1.82, 2.24) is 20.1 Å². The molecule has 4 nitrogen and oxygen atoms in total. The van der Waals surface area contributed by atoms with Crippen LogP contribution in [0.2, 0.25) is 0 Å². The number of hydrogen-bond donors (Lipinski definition) is 1. The predicted octanol–water partition coefficient (Wildman–Crippen LogP) is 1.65. The summed E-state index contributed by atoms with van der Waals surface area (Å²) in [5.74, 6) is 1.48. The first-order valence-corrected chi connectivity index (χ1v) is 5.73. The second-order valence-corrected chi connectivity index (χ2v) is 4.10. The first-order valence-electron chi connectivity index (χ1n) is 5.73. The molecule has 0 spiro atoms. The number of fused-ring (bicyclic) bond motifs is 1. The van der Waals surface area contributed by atoms with E-state index in [2.05, 4.69) is 20.1 Å². The van der Waals surface area contributed by atoms with E-state index < -0.39 is 0 Å². The van der Waals surface area contributed by atoms with Gasteiger partial charge in [0.2, 0.25) is 0 Å². The van der Waals surface area contributed by atoms with Gasteiger partial charge in [0.15, 0.2) is 5.82 Å². The fourth-order valence-corrected chi connectivity index (χ4v) is 2.11. The van der Waals surface area contributed by atoms with Gasteiger partial charge in [0, 0.05) is 31.6 Å². The van der Waals surface area contributed by atoms with Crippen LogP contribution in [0.5, 0.6) is 0 Å². The van der Waals surface area contributed by atoms with Gasteiger partial charge in [-0.1, -0.05) is 12.1 Å². The Bertz CT molecular complexity index is 541. The Labute approximate surface area is 111 Å². The van der Waals surface area contributed by atoms with Crippen LogP contribution >= 0.6 is 12.4 Å². The zero-order valence-corrected chi connectivity index (χ0v) is 10.6. The third-order valence-electron chi connectivity index (χ3n) is 2.95. The van der Waals surface area contributed by atoms with Gasteiger partial charge in [0.1, 0.15) is 11.6 Å². The van der Waals surface area contributed by atoms with E-state index in [1.54, 1.807) is 6.07 Å². The molecule has 1 aromatic carbocycles. The maximum atomic E-state index is 13.2. The molecule has 1 aliphatic heterocycles. The van der Waals surface area contributed by atoms with Crippen molar-refractivity contribution >= 4 is 12.4 Å². The summed E-state index contributed by atoms with van der Waals surface area (Å²) in [4.78, 5) is 0. The highest BCUT2D eigenvalue weighted by atomic mass is 35.5. The first kappa shape index (κ1) is 13.0. The molecule has 0 radical (unpaired) electrons. The third-order valence-corrected chi connectivity index (χ3v) is 2.95. The molecule has 1 aliphatic rings. The zero-order valence-electron chi connectivity index (χ0n) is 9.77. The van der Waals surface area contributed by atoms with Crippen LogP contribution < -0.4 is 5.32 Å². The van der Waals surface area contributed by atoms with Gasteiger partial charge in [-0.15, -0.1) is 22.6 Å². The van der Waals surface area contributed by atoms with Gasteiger partial charge >= 0.3 is 0 Å². The maximum Gasteiger partial charge on any atom is 0.164 e. The van der Waals surface area contributed by atoms with Crippen molar-refractivity contribution in [2.45, 2.75) is 13.0 Å². The second kappa shape index (κ2) is 5.46. The van der Waals surface area contributed by atoms with Crippen LogP contribution in [0, 0.1) is 5.82 Å². The van der Waals surface area contributed by atoms with E-state index in [1.165, 1.54) is 12.1 Å². The monoisotopic (exact) mass is 268 g/mol. The highest BCUT2D eigenvalue weighted by molar-refractivity contribution is 5.85. The molecule has 0 fully saturated rings. The molecule has 6 heteroatoms. The van der Waals surface area contributed by atoms with Crippen molar-refractivity contribution < 1.29 is 4.39 Å². The van der Waals surface area contributed by atoms with Crippen molar-refractivity contribution in [3.05, 3.63) is 35.9 Å². The molecule has 0 amide bonds. The number of hydrogen-bond acceptors (Lipinski definition) is 3. The van der Waals surface area contributed by atoms with Gasteiger partial charge in [-0.3, -0.25) is 0 Å². The predicted molar refractivity (Wildman–Crippen MR) is 69.2 cm³/mol. The lowest BCUT2D eigenvalue weighted by atomic mass is 10.2. The molecule has 96 valence electrons. The number of benzene rings is 1. The number of aromatic nitrogens is 3. The Hall–Kier alpha value is -1.46. The summed E-state index contributed by atoms with van der Waals surface area (Å²) in [6.07, 6.45) is 0.863. The maximum absolute atomic E-state index is 13.2. The van der Waals surface area contributed by atoms with Crippen LogP contribution in [0.15, 0.2) is 24.3 Å². The minimum Gasteiger partial charge on any atom is -0.315 e. The Morgan fingerprint density at radius 2 is 2.11 bits per heavy atom. The average Bonchev–Trinajstić information content (AvgIpc) is 2.59. The molecule has 0 unspecified atom stereocenters. The molecule has 2 heterocycles. The third kappa shape index (κ3) is 2.37. The van der Waals surface area contributed by atoms with E-state index in [1.807, 2.05) is 6.07 Å². The minimum atomic E-state index is -0.244. The van der Waals surface area contributed by atoms with Gasteiger partial charge < -0.3 is 9.88 Å². The van der Waals surface area contributed by atoms with Crippen LogP contribution in [-0.2, 0) is 13.0 Å². The van der Waals surface area contributed by atoms with Crippen LogP contribution in [0.3, 0.4) is 0 Å². The lowest BCUT2D eigenvalue weighted by Gasteiger charge is -2.06. The zero-order chi connectivity index (χ0) is 11.7. The Balaban J connectivity index is 0.00000120. The average molecular weight is 269 g/mol. The molecular formula is C12H14ClFN4. The Morgan fingerprint density at radius 1 is 1.22 bits per heavy atom. The summed E-state index contributed by atoms with van der Waals surface area (Å²) in [6.45, 7) is 2.64. The summed E-state index contributed by atoms with van der Waals surface area (Å²) >= 11 is 0. The van der Waals surface area contributed by atoms with Crippen molar-refractivity contribution in [1.29, 1.82) is 0 Å². The molecule has 0 saturated heterocycles. The standard InChI is InChI=1S/C12H13FN4.ClH/c13-10-3-1-2-9(8-10)12-16-15-11-4-5-14-6-7-17(11)12;/h1-3,8,14H,4-7H2;1H. The van der Waals surface area contributed by atoms with Gasteiger partial charge in [-0.05, 0) is 12.1 Å². The van der Waals surface area contributed by atoms with E-state index >= 15 is 0 Å². The largest absolute Gasteiger partial charge is 0.315 e. The van der Waals surface area contributed by atoms with Crippen LogP contribution in [0.4, 0.5) is 4.39 Å². The normalized spacial score (nSPS) is 14.5. The fourth-order valence-electron chi connectivity index (χ4n) is 2.11. The number of halogens is 2. The van der Waals surface area contributed by atoms with Crippen molar-refractivity contribution in [3.8, 4) is 11.4 Å². The fraction of sp³-hybridized carbons (Fsp3) is 0.333. The molecular weight excluding hydrogens is 255 g/mol. The van der Waals surface area contributed by atoms with E-state index in [0.717, 1.165) is 43.3 Å². The van der Waals surface area contributed by atoms with Crippen molar-refractivity contribution in [2.75, 3.05) is 13.1 Å². The van der Waals surface area contributed by atoms with Gasteiger partial charge in [-0.2, -0.15) is 0 Å². The van der Waals surface area contributed by atoms with E-state index in [9.17, 15) is 4.39 Å². The lowest BCUT2D eigenvalue weighted by Crippen LogP contribution is -2.17. The quantitative estimate of drug-likeness (QED) is 0.855. The summed E-state index contributed by atoms with van der Waals surface area (Å²) < 4.78 is 15.3. The van der Waals surface area contributed by atoms with Gasteiger partial charge in [0.25, 0.3) is 0 Å². The molecule has 0 aliphatic carbocycles. The van der Waals surface area contributed by atoms with Crippen LogP contribution in [0.25, 0.3) is 11.4 Å². The molecule has 1 N–H and O–H groups in total. The molecule has 1 aromatic heterocycles. The Morgan fingerprint density at radius 3 is 2.94 bits per heavy atom. The Kier molecular flexibility index (Phi) is 3.93. The highest BCUT2D eigenvalue weighted by Crippen LogP contribution is 2.19. The van der Waals surface area contributed by atoms with Crippen LogP contribution in [0.1, 0.15) is 5.82 Å². The molecule has 0 atom stereocenters. The van der Waals surface area contributed by atoms with E-state index in [0.29, 0.717) is 0 Å². The summed E-state index contributed by atoms with van der Waals surface area (Å²) in [6, 6.07) is 6.49. The first-order chi connectivity index (χ1) is 8.34. The topological polar surface area (TPSA) is 42.7 Å². The number of rotatable bonds is 1. The second-order valence-electron chi connectivity index (χ2n) is 4.10. The van der Waals surface area contributed by atoms with Crippen LogP contribution in [-0.4, -0.2) is 27.9 Å². The molecule has 3 rings (SSSR count). The molecule has 2 aromatic rings. The molecule has 0 bridgehead atoms. The molecule has 18 heavy (non-hydrogen) atoms. The van der Waals surface area contributed by atoms with Gasteiger partial charge in [-0.25, -0.2) is 4.39 Å². The minimum absolute atomic E-state index is 0. The summed E-state index contributed by atoms with van der Waals surface area (Å²) in [5.41, 5.74) is 0.783. The number of nitrogens with one attached hydrogen (secondary N) is 1. The summed E-state index contributed by atoms with van der Waals surface area (Å²) in [5, 5.41) is 11.7. The SMILES string of the molecule is Cl.Fc1cccc(-c2nnc3n2CCNCC3)c1. The lowest BCUT2D eigenvalue weighted by molar-refractivity contribution is 0.626. The molecule has 0 saturated carbocycles. The van der Waals surface area contributed by atoms with E-state index in [4.69, 9.17) is 0 Å². The smallest absolute Gasteiger partial charge is 0.164 e. The highest BCUT2D eigenvalue weighted by Gasteiger charge is 2.15. The van der Waals surface area contributed by atoms with Crippen molar-refractivity contribution in [2.24, 2.45) is 0 Å².